The van der Waals surface area contributed by atoms with Crippen molar-refractivity contribution in [3.63, 3.8) is 0 Å². The Labute approximate surface area is 101 Å². The molecule has 2 unspecified atom stereocenters. The molecule has 1 N–H and O–H groups in total. The molecular weight excluding hydrogens is 196 g/mol. The van der Waals surface area contributed by atoms with Gasteiger partial charge in [-0.1, -0.05) is 20.3 Å². The van der Waals surface area contributed by atoms with Gasteiger partial charge in [0.25, 0.3) is 0 Å². The second-order valence-corrected chi connectivity index (χ2v) is 5.51. The smallest absolute Gasteiger partial charge is 0.000687 e. The van der Waals surface area contributed by atoms with Gasteiger partial charge in [0, 0.05) is 0 Å². The van der Waals surface area contributed by atoms with Crippen LogP contribution in [0.25, 0.3) is 0 Å². The van der Waals surface area contributed by atoms with Gasteiger partial charge in [-0.25, -0.2) is 0 Å². The molecule has 2 aliphatic rings. The minimum absolute atomic E-state index is 1.06. The van der Waals surface area contributed by atoms with Crippen LogP contribution in [0.15, 0.2) is 0 Å². The average molecular weight is 224 g/mol. The molecule has 0 radical (unpaired) electrons. The summed E-state index contributed by atoms with van der Waals surface area (Å²) < 4.78 is 0. The van der Waals surface area contributed by atoms with Gasteiger partial charge in [0.15, 0.2) is 0 Å². The van der Waals surface area contributed by atoms with E-state index in [9.17, 15) is 0 Å². The topological polar surface area (TPSA) is 15.3 Å². The highest BCUT2D eigenvalue weighted by Crippen LogP contribution is 2.56. The lowest BCUT2D eigenvalue weighted by Gasteiger charge is -2.17. The molecule has 2 heteroatoms. The van der Waals surface area contributed by atoms with Crippen LogP contribution in [-0.4, -0.2) is 37.6 Å². The van der Waals surface area contributed by atoms with Gasteiger partial charge < -0.3 is 10.2 Å². The van der Waals surface area contributed by atoms with Gasteiger partial charge in [-0.2, -0.15) is 0 Å². The standard InChI is InChI=1S/C14H28N2/c1-3-16(4-2)10-6-9-15-11-14-12-7-5-8-13(12)14/h12-15H,3-11H2,1-2H3. The Hall–Kier alpha value is -0.0800. The van der Waals surface area contributed by atoms with Crippen molar-refractivity contribution in [2.24, 2.45) is 17.8 Å². The van der Waals surface area contributed by atoms with E-state index in [0.717, 1.165) is 17.8 Å². The van der Waals surface area contributed by atoms with Crippen LogP contribution in [0, 0.1) is 17.8 Å². The van der Waals surface area contributed by atoms with E-state index < -0.39 is 0 Å². The fraction of sp³-hybridized carbons (Fsp3) is 1.00. The van der Waals surface area contributed by atoms with Crippen molar-refractivity contribution in [3.8, 4) is 0 Å². The summed E-state index contributed by atoms with van der Waals surface area (Å²) in [6.45, 7) is 10.7. The largest absolute Gasteiger partial charge is 0.316 e. The maximum Gasteiger partial charge on any atom is -0.000687 e. The van der Waals surface area contributed by atoms with Crippen molar-refractivity contribution >= 4 is 0 Å². The Balaban J connectivity index is 1.44. The highest BCUT2D eigenvalue weighted by molar-refractivity contribution is 5.01. The molecule has 0 aromatic heterocycles. The second kappa shape index (κ2) is 6.02. The van der Waals surface area contributed by atoms with Crippen LogP contribution in [0.2, 0.25) is 0 Å². The van der Waals surface area contributed by atoms with E-state index >= 15 is 0 Å². The summed E-state index contributed by atoms with van der Waals surface area (Å²) >= 11 is 0. The van der Waals surface area contributed by atoms with Crippen LogP contribution < -0.4 is 5.32 Å². The molecule has 16 heavy (non-hydrogen) atoms. The summed E-state index contributed by atoms with van der Waals surface area (Å²) in [6, 6.07) is 0. The Kier molecular flexibility index (Phi) is 4.66. The first-order chi connectivity index (χ1) is 7.86. The van der Waals surface area contributed by atoms with E-state index in [1.807, 2.05) is 0 Å². The number of hydrogen-bond donors (Lipinski definition) is 1. The molecule has 2 nitrogen and oxygen atoms in total. The zero-order valence-corrected chi connectivity index (χ0v) is 11.0. The molecule has 0 spiro atoms. The number of nitrogens with zero attached hydrogens (tertiary/aromatic N) is 1. The minimum Gasteiger partial charge on any atom is -0.316 e. The minimum atomic E-state index is 1.06. The van der Waals surface area contributed by atoms with Gasteiger partial charge in [0.2, 0.25) is 0 Å². The van der Waals surface area contributed by atoms with Crippen LogP contribution in [-0.2, 0) is 0 Å². The molecule has 2 rings (SSSR count). The maximum absolute atomic E-state index is 3.65. The lowest BCUT2D eigenvalue weighted by atomic mass is 10.1. The predicted molar refractivity (Wildman–Crippen MR) is 69.6 cm³/mol. The molecular formula is C14H28N2. The van der Waals surface area contributed by atoms with Crippen molar-refractivity contribution in [1.82, 2.24) is 10.2 Å². The molecule has 0 aromatic rings. The second-order valence-electron chi connectivity index (χ2n) is 5.51. The summed E-state index contributed by atoms with van der Waals surface area (Å²) in [5.74, 6) is 3.30. The van der Waals surface area contributed by atoms with Gasteiger partial charge in [-0.05, 0) is 69.7 Å². The third kappa shape index (κ3) is 2.98. The molecule has 0 saturated heterocycles. The van der Waals surface area contributed by atoms with E-state index in [4.69, 9.17) is 0 Å². The highest BCUT2D eigenvalue weighted by Gasteiger charge is 2.51. The van der Waals surface area contributed by atoms with Crippen molar-refractivity contribution in [2.45, 2.75) is 39.5 Å². The summed E-state index contributed by atoms with van der Waals surface area (Å²) in [6.07, 6.45) is 5.87. The fourth-order valence-corrected chi connectivity index (χ4v) is 3.51. The number of nitrogens with one attached hydrogen (secondary N) is 1. The SMILES string of the molecule is CCN(CC)CCCNCC1C2CCCC21. The van der Waals surface area contributed by atoms with E-state index in [1.165, 1.54) is 58.4 Å². The molecule has 0 amide bonds. The molecule has 0 aromatic carbocycles. The van der Waals surface area contributed by atoms with E-state index in [2.05, 4.69) is 24.1 Å². The van der Waals surface area contributed by atoms with Crippen LogP contribution in [0.1, 0.15) is 39.5 Å². The fourth-order valence-electron chi connectivity index (χ4n) is 3.51. The summed E-state index contributed by atoms with van der Waals surface area (Å²) in [5.41, 5.74) is 0. The first-order valence-electron chi connectivity index (χ1n) is 7.29. The monoisotopic (exact) mass is 224 g/mol. The number of rotatable bonds is 8. The van der Waals surface area contributed by atoms with Gasteiger partial charge >= 0.3 is 0 Å². The molecule has 0 heterocycles. The van der Waals surface area contributed by atoms with E-state index in [-0.39, 0.29) is 0 Å². The maximum atomic E-state index is 3.65. The van der Waals surface area contributed by atoms with Crippen molar-refractivity contribution < 1.29 is 0 Å². The average Bonchev–Trinajstić information content (AvgIpc) is 2.76. The molecule has 0 bridgehead atoms. The van der Waals surface area contributed by atoms with Gasteiger partial charge in [-0.3, -0.25) is 0 Å². The predicted octanol–water partition coefficient (Wildman–Crippen LogP) is 2.35. The van der Waals surface area contributed by atoms with Gasteiger partial charge in [0.05, 0.1) is 0 Å². The first kappa shape index (κ1) is 12.4. The Morgan fingerprint density at radius 2 is 1.81 bits per heavy atom. The zero-order chi connectivity index (χ0) is 11.4. The molecule has 2 aliphatic carbocycles. The van der Waals surface area contributed by atoms with Crippen LogP contribution in [0.4, 0.5) is 0 Å². The van der Waals surface area contributed by atoms with E-state index in [1.54, 1.807) is 0 Å². The van der Waals surface area contributed by atoms with Crippen LogP contribution in [0.3, 0.4) is 0 Å². The van der Waals surface area contributed by atoms with Gasteiger partial charge in [-0.15, -0.1) is 0 Å². The molecule has 2 atom stereocenters. The Morgan fingerprint density at radius 3 is 2.44 bits per heavy atom. The Bertz CT molecular complexity index is 191. The third-order valence-electron chi connectivity index (χ3n) is 4.69. The van der Waals surface area contributed by atoms with Crippen molar-refractivity contribution in [3.05, 3.63) is 0 Å². The van der Waals surface area contributed by atoms with Crippen molar-refractivity contribution in [1.29, 1.82) is 0 Å². The van der Waals surface area contributed by atoms with Crippen LogP contribution >= 0.6 is 0 Å². The van der Waals surface area contributed by atoms with Gasteiger partial charge in [0.1, 0.15) is 0 Å². The lowest BCUT2D eigenvalue weighted by Crippen LogP contribution is -2.28. The summed E-state index contributed by atoms with van der Waals surface area (Å²) in [7, 11) is 0. The third-order valence-corrected chi connectivity index (χ3v) is 4.69. The number of fused-ring (bicyclic) bond motifs is 1. The van der Waals surface area contributed by atoms with E-state index in [0.29, 0.717) is 0 Å². The molecule has 0 aliphatic heterocycles. The van der Waals surface area contributed by atoms with Crippen molar-refractivity contribution in [2.75, 3.05) is 32.7 Å². The molecule has 2 fully saturated rings. The van der Waals surface area contributed by atoms with Crippen LogP contribution in [0.5, 0.6) is 0 Å². The summed E-state index contributed by atoms with van der Waals surface area (Å²) in [5, 5.41) is 3.65. The normalized spacial score (nSPS) is 32.1. The summed E-state index contributed by atoms with van der Waals surface area (Å²) in [4.78, 5) is 2.51. The highest BCUT2D eigenvalue weighted by atomic mass is 15.1. The Morgan fingerprint density at radius 1 is 1.12 bits per heavy atom. The molecule has 94 valence electrons. The molecule has 2 saturated carbocycles. The zero-order valence-electron chi connectivity index (χ0n) is 11.0. The number of hydrogen-bond acceptors (Lipinski definition) is 2. The lowest BCUT2D eigenvalue weighted by molar-refractivity contribution is 0.297. The quantitative estimate of drug-likeness (QED) is 0.637. The first-order valence-corrected chi connectivity index (χ1v) is 7.29.